The number of hydrogen-bond donors (Lipinski definition) is 1. The fraction of sp³-hybridized carbons (Fsp3) is 0.333. The minimum atomic E-state index is -3.64. The van der Waals surface area contributed by atoms with Gasteiger partial charge in [-0.1, -0.05) is 24.7 Å². The van der Waals surface area contributed by atoms with Crippen molar-refractivity contribution in [3.63, 3.8) is 0 Å². The molecule has 0 aliphatic carbocycles. The van der Waals surface area contributed by atoms with Crippen molar-refractivity contribution in [3.05, 3.63) is 53.6 Å². The molecule has 0 spiro atoms. The lowest BCUT2D eigenvalue weighted by Gasteiger charge is -2.34. The fourth-order valence-corrected chi connectivity index (χ4v) is 6.46. The van der Waals surface area contributed by atoms with E-state index >= 15 is 0 Å². The molecule has 1 N–H and O–H groups in total. The third kappa shape index (κ3) is 4.32. The number of halogens is 2. The summed E-state index contributed by atoms with van der Waals surface area (Å²) in [6.07, 6.45) is 3.46. The van der Waals surface area contributed by atoms with E-state index in [1.54, 1.807) is 4.31 Å². The number of rotatable bonds is 5. The lowest BCUT2D eigenvalue weighted by Crippen LogP contribution is -2.43. The Morgan fingerprint density at radius 2 is 1.97 bits per heavy atom. The molecule has 31 heavy (non-hydrogen) atoms. The minimum absolute atomic E-state index is 0.00834. The number of piperidine rings is 1. The molecule has 1 aromatic heterocycles. The quantitative estimate of drug-likeness (QED) is 0.588. The summed E-state index contributed by atoms with van der Waals surface area (Å²) in [6, 6.07) is 7.57. The standard InChI is InChI=1S/C21H21F2N3O3S2/c1-2-15-5-3-4-10-26(15)31(28,29)16-8-6-13(7-9-16)20(27)25-21-24-19-17(23)11-14(22)12-18(19)30-21/h6-9,11-12,15H,2-5,10H2,1H3,(H,24,25,27). The molecular weight excluding hydrogens is 444 g/mol. The van der Waals surface area contributed by atoms with Crippen LogP contribution in [0.4, 0.5) is 13.9 Å². The van der Waals surface area contributed by atoms with Gasteiger partial charge in [0.2, 0.25) is 10.0 Å². The van der Waals surface area contributed by atoms with E-state index in [0.717, 1.165) is 49.2 Å². The van der Waals surface area contributed by atoms with Gasteiger partial charge in [0.25, 0.3) is 5.91 Å². The van der Waals surface area contributed by atoms with Crippen molar-refractivity contribution in [3.8, 4) is 0 Å². The predicted octanol–water partition coefficient (Wildman–Crippen LogP) is 4.78. The largest absolute Gasteiger partial charge is 0.298 e. The number of amides is 1. The summed E-state index contributed by atoms with van der Waals surface area (Å²) < 4.78 is 55.1. The average Bonchev–Trinajstić information content (AvgIpc) is 3.16. The van der Waals surface area contributed by atoms with Crippen LogP contribution >= 0.6 is 11.3 Å². The lowest BCUT2D eigenvalue weighted by molar-refractivity contribution is 0.102. The molecule has 0 saturated carbocycles. The van der Waals surface area contributed by atoms with Gasteiger partial charge in [0.15, 0.2) is 10.9 Å². The van der Waals surface area contributed by atoms with Crippen LogP contribution in [0.1, 0.15) is 43.0 Å². The summed E-state index contributed by atoms with van der Waals surface area (Å²) in [7, 11) is -3.64. The molecule has 1 saturated heterocycles. The van der Waals surface area contributed by atoms with Gasteiger partial charge in [-0.05, 0) is 49.6 Å². The zero-order valence-electron chi connectivity index (χ0n) is 16.8. The molecule has 1 amide bonds. The number of thiazole rings is 1. The van der Waals surface area contributed by atoms with Gasteiger partial charge in [0.1, 0.15) is 11.3 Å². The molecule has 2 heterocycles. The molecule has 1 fully saturated rings. The molecule has 1 aliphatic rings. The number of sulfonamides is 1. The zero-order valence-corrected chi connectivity index (χ0v) is 18.4. The Hall–Kier alpha value is -2.43. The Kier molecular flexibility index (Phi) is 6.05. The number of carbonyl (C=O) groups is 1. The second-order valence-corrected chi connectivity index (χ2v) is 10.3. The minimum Gasteiger partial charge on any atom is -0.298 e. The van der Waals surface area contributed by atoms with Gasteiger partial charge < -0.3 is 0 Å². The third-order valence-electron chi connectivity index (χ3n) is 5.40. The molecular formula is C21H21F2N3O3S2. The van der Waals surface area contributed by atoms with Gasteiger partial charge in [-0.25, -0.2) is 22.2 Å². The van der Waals surface area contributed by atoms with Crippen LogP contribution in [0.2, 0.25) is 0 Å². The second-order valence-electron chi connectivity index (χ2n) is 7.41. The first kappa shape index (κ1) is 21.8. The Labute approximate surface area is 183 Å². The van der Waals surface area contributed by atoms with Crippen molar-refractivity contribution in [1.29, 1.82) is 0 Å². The van der Waals surface area contributed by atoms with Gasteiger partial charge in [-0.15, -0.1) is 0 Å². The van der Waals surface area contributed by atoms with Crippen molar-refractivity contribution in [2.24, 2.45) is 0 Å². The zero-order chi connectivity index (χ0) is 22.2. The molecule has 1 aliphatic heterocycles. The number of hydrogen-bond acceptors (Lipinski definition) is 5. The van der Waals surface area contributed by atoms with Crippen LogP contribution in [0, 0.1) is 11.6 Å². The third-order valence-corrected chi connectivity index (χ3v) is 8.28. The van der Waals surface area contributed by atoms with Crippen molar-refractivity contribution in [1.82, 2.24) is 9.29 Å². The summed E-state index contributed by atoms with van der Waals surface area (Å²) >= 11 is 0.952. The fourth-order valence-electron chi connectivity index (χ4n) is 3.79. The lowest BCUT2D eigenvalue weighted by atomic mass is 10.0. The van der Waals surface area contributed by atoms with Gasteiger partial charge in [0.05, 0.1) is 9.60 Å². The number of carbonyl (C=O) groups excluding carboxylic acids is 1. The summed E-state index contributed by atoms with van der Waals surface area (Å²) in [5, 5.41) is 2.68. The maximum absolute atomic E-state index is 13.8. The number of aromatic nitrogens is 1. The van der Waals surface area contributed by atoms with Crippen molar-refractivity contribution >= 4 is 42.6 Å². The van der Waals surface area contributed by atoms with E-state index in [9.17, 15) is 22.0 Å². The van der Waals surface area contributed by atoms with Gasteiger partial charge in [-0.2, -0.15) is 4.31 Å². The van der Waals surface area contributed by atoms with Crippen molar-refractivity contribution in [2.45, 2.75) is 43.5 Å². The molecule has 164 valence electrons. The highest BCUT2D eigenvalue weighted by Crippen LogP contribution is 2.30. The van der Waals surface area contributed by atoms with Crippen molar-refractivity contribution in [2.75, 3.05) is 11.9 Å². The van der Waals surface area contributed by atoms with Crippen LogP contribution in [0.25, 0.3) is 10.2 Å². The summed E-state index contributed by atoms with van der Waals surface area (Å²) in [6.45, 7) is 2.48. The summed E-state index contributed by atoms with van der Waals surface area (Å²) in [4.78, 5) is 16.7. The highest BCUT2D eigenvalue weighted by molar-refractivity contribution is 7.89. The van der Waals surface area contributed by atoms with Crippen LogP contribution < -0.4 is 5.32 Å². The number of anilines is 1. The maximum atomic E-state index is 13.8. The molecule has 0 radical (unpaired) electrons. The van der Waals surface area contributed by atoms with Gasteiger partial charge >= 0.3 is 0 Å². The van der Waals surface area contributed by atoms with E-state index in [-0.39, 0.29) is 31.8 Å². The van der Waals surface area contributed by atoms with E-state index < -0.39 is 27.6 Å². The van der Waals surface area contributed by atoms with Gasteiger partial charge in [0, 0.05) is 24.2 Å². The van der Waals surface area contributed by atoms with Gasteiger partial charge in [-0.3, -0.25) is 10.1 Å². The second kappa shape index (κ2) is 8.60. The average molecular weight is 466 g/mol. The van der Waals surface area contributed by atoms with Crippen LogP contribution in [0.15, 0.2) is 41.3 Å². The number of nitrogens with zero attached hydrogens (tertiary/aromatic N) is 2. The first-order valence-corrected chi connectivity index (χ1v) is 12.2. The topological polar surface area (TPSA) is 79.4 Å². The Bertz CT molecular complexity index is 1230. The number of nitrogens with one attached hydrogen (secondary N) is 1. The number of fused-ring (bicyclic) bond motifs is 1. The van der Waals surface area contributed by atoms with Crippen molar-refractivity contribution < 1.29 is 22.0 Å². The monoisotopic (exact) mass is 465 g/mol. The van der Waals surface area contributed by atoms with E-state index in [1.807, 2.05) is 6.92 Å². The van der Waals surface area contributed by atoms with Crippen LogP contribution in [-0.4, -0.2) is 36.2 Å². The first-order valence-electron chi connectivity index (χ1n) is 9.98. The Morgan fingerprint density at radius 3 is 2.68 bits per heavy atom. The Morgan fingerprint density at radius 1 is 1.23 bits per heavy atom. The normalized spacial score (nSPS) is 17.7. The molecule has 1 unspecified atom stereocenters. The number of benzene rings is 2. The molecule has 6 nitrogen and oxygen atoms in total. The molecule has 4 rings (SSSR count). The van der Waals surface area contributed by atoms with E-state index in [4.69, 9.17) is 0 Å². The van der Waals surface area contributed by atoms with E-state index in [1.165, 1.54) is 24.3 Å². The smallest absolute Gasteiger partial charge is 0.257 e. The summed E-state index contributed by atoms with van der Waals surface area (Å²) in [5.74, 6) is -2.04. The van der Waals surface area contributed by atoms with E-state index in [2.05, 4.69) is 10.3 Å². The molecule has 10 heteroatoms. The molecule has 3 aromatic rings. The first-order chi connectivity index (χ1) is 14.8. The Balaban J connectivity index is 1.52. The molecule has 0 bridgehead atoms. The summed E-state index contributed by atoms with van der Waals surface area (Å²) in [5.41, 5.74) is 0.214. The highest BCUT2D eigenvalue weighted by Gasteiger charge is 2.32. The highest BCUT2D eigenvalue weighted by atomic mass is 32.2. The maximum Gasteiger partial charge on any atom is 0.257 e. The SMILES string of the molecule is CCC1CCCCN1S(=O)(=O)c1ccc(C(=O)Nc2nc3c(F)cc(F)cc3s2)cc1. The van der Waals surface area contributed by atoms with Crippen LogP contribution in [0.5, 0.6) is 0 Å². The van der Waals surface area contributed by atoms with E-state index in [0.29, 0.717) is 6.54 Å². The molecule has 1 atom stereocenters. The van der Waals surface area contributed by atoms with Crippen LogP contribution in [-0.2, 0) is 10.0 Å². The molecule has 2 aromatic carbocycles. The van der Waals surface area contributed by atoms with Crippen LogP contribution in [0.3, 0.4) is 0 Å². The predicted molar refractivity (Wildman–Crippen MR) is 116 cm³/mol.